The molecule has 0 aliphatic carbocycles. The van der Waals surface area contributed by atoms with E-state index in [2.05, 4.69) is 4.98 Å². The first-order valence-corrected chi connectivity index (χ1v) is 5.80. The largest absolute Gasteiger partial charge is 0.507 e. The molecule has 0 saturated carbocycles. The summed E-state index contributed by atoms with van der Waals surface area (Å²) in [4.78, 5) is 4.02. The Kier molecular flexibility index (Phi) is 2.96. The third-order valence-electron chi connectivity index (χ3n) is 2.98. The second kappa shape index (κ2) is 4.11. The van der Waals surface area contributed by atoms with E-state index < -0.39 is 11.7 Å². The van der Waals surface area contributed by atoms with Crippen molar-refractivity contribution in [1.29, 1.82) is 0 Å². The van der Waals surface area contributed by atoms with Crippen molar-refractivity contribution < 1.29 is 18.3 Å². The number of hydrogen-bond acceptors (Lipinski definition) is 2. The summed E-state index contributed by atoms with van der Waals surface area (Å²) in [6, 6.07) is 3.16. The number of halogens is 3. The summed E-state index contributed by atoms with van der Waals surface area (Å²) in [5.74, 6) is -0.00813. The van der Waals surface area contributed by atoms with E-state index >= 15 is 0 Å². The Morgan fingerprint density at radius 1 is 1.11 bits per heavy atom. The molecule has 1 aromatic carbocycles. The maximum Gasteiger partial charge on any atom is 0.416 e. The summed E-state index contributed by atoms with van der Waals surface area (Å²) in [5, 5.41) is 10.5. The lowest BCUT2D eigenvalue weighted by molar-refractivity contribution is -0.137. The molecule has 0 bridgehead atoms. The number of nitrogens with zero attached hydrogens (tertiary/aromatic N) is 1. The number of alkyl halides is 3. The van der Waals surface area contributed by atoms with Crippen molar-refractivity contribution in [3.8, 4) is 5.75 Å². The Bertz CT molecular complexity index is 627. The van der Waals surface area contributed by atoms with Crippen LogP contribution in [0.5, 0.6) is 5.75 Å². The van der Waals surface area contributed by atoms with E-state index in [1.807, 2.05) is 20.8 Å². The molecule has 102 valence electrons. The third-order valence-corrected chi connectivity index (χ3v) is 2.98. The third kappa shape index (κ3) is 2.50. The standard InChI is InChI=1S/C14H14F3NO/c1-13(2,3)10-7-18-11-6-8(14(15,16)17)4-5-9(11)12(10)19/h4-7H,1-3H3,(H,18,19). The lowest BCUT2D eigenvalue weighted by Gasteiger charge is -2.20. The molecule has 0 aliphatic heterocycles. The molecule has 2 nitrogen and oxygen atoms in total. The van der Waals surface area contributed by atoms with E-state index in [1.54, 1.807) is 0 Å². The molecular weight excluding hydrogens is 255 g/mol. The molecule has 1 heterocycles. The Morgan fingerprint density at radius 2 is 1.74 bits per heavy atom. The molecule has 1 aromatic heterocycles. The summed E-state index contributed by atoms with van der Waals surface area (Å²) in [6.45, 7) is 5.71. The second-order valence-corrected chi connectivity index (χ2v) is 5.50. The molecule has 2 aromatic rings. The predicted molar refractivity (Wildman–Crippen MR) is 67.1 cm³/mol. The number of hydrogen-bond donors (Lipinski definition) is 1. The van der Waals surface area contributed by atoms with Gasteiger partial charge in [-0.25, -0.2) is 0 Å². The van der Waals surface area contributed by atoms with Crippen LogP contribution in [0.2, 0.25) is 0 Å². The van der Waals surface area contributed by atoms with Crippen molar-refractivity contribution in [1.82, 2.24) is 4.98 Å². The van der Waals surface area contributed by atoms with Crippen LogP contribution in [-0.4, -0.2) is 10.1 Å². The van der Waals surface area contributed by atoms with Crippen LogP contribution >= 0.6 is 0 Å². The Morgan fingerprint density at radius 3 is 2.26 bits per heavy atom. The van der Waals surface area contributed by atoms with Gasteiger partial charge in [-0.05, 0) is 23.6 Å². The van der Waals surface area contributed by atoms with Crippen molar-refractivity contribution in [3.05, 3.63) is 35.5 Å². The monoisotopic (exact) mass is 269 g/mol. The number of aromatic nitrogens is 1. The fraction of sp³-hybridized carbons (Fsp3) is 0.357. The van der Waals surface area contributed by atoms with E-state index in [-0.39, 0.29) is 16.7 Å². The van der Waals surface area contributed by atoms with Gasteiger partial charge in [0.05, 0.1) is 11.1 Å². The highest BCUT2D eigenvalue weighted by atomic mass is 19.4. The zero-order valence-electron chi connectivity index (χ0n) is 10.8. The molecule has 0 aliphatic rings. The Hall–Kier alpha value is -1.78. The van der Waals surface area contributed by atoms with Gasteiger partial charge in [-0.2, -0.15) is 13.2 Å². The van der Waals surface area contributed by atoms with Gasteiger partial charge in [-0.1, -0.05) is 20.8 Å². The normalized spacial score (nSPS) is 12.9. The fourth-order valence-corrected chi connectivity index (χ4v) is 1.90. The smallest absolute Gasteiger partial charge is 0.416 e. The zero-order valence-corrected chi connectivity index (χ0v) is 10.8. The van der Waals surface area contributed by atoms with Gasteiger partial charge in [-0.3, -0.25) is 4.98 Å². The summed E-state index contributed by atoms with van der Waals surface area (Å²) in [5.41, 5.74) is -0.343. The van der Waals surface area contributed by atoms with Crippen LogP contribution in [0.15, 0.2) is 24.4 Å². The van der Waals surface area contributed by atoms with Gasteiger partial charge in [0.25, 0.3) is 0 Å². The van der Waals surface area contributed by atoms with Gasteiger partial charge in [-0.15, -0.1) is 0 Å². The quantitative estimate of drug-likeness (QED) is 0.775. The van der Waals surface area contributed by atoms with Crippen molar-refractivity contribution in [2.45, 2.75) is 32.4 Å². The first kappa shape index (κ1) is 13.6. The van der Waals surface area contributed by atoms with Crippen molar-refractivity contribution in [3.63, 3.8) is 0 Å². The van der Waals surface area contributed by atoms with Gasteiger partial charge in [0.15, 0.2) is 0 Å². The minimum absolute atomic E-state index is 0.00813. The highest BCUT2D eigenvalue weighted by Gasteiger charge is 2.31. The minimum atomic E-state index is -4.41. The summed E-state index contributed by atoms with van der Waals surface area (Å²) in [7, 11) is 0. The van der Waals surface area contributed by atoms with Crippen LogP contribution in [0.25, 0.3) is 10.9 Å². The number of fused-ring (bicyclic) bond motifs is 1. The van der Waals surface area contributed by atoms with Crippen molar-refractivity contribution in [2.24, 2.45) is 0 Å². The van der Waals surface area contributed by atoms with Crippen LogP contribution in [0.4, 0.5) is 13.2 Å². The first-order valence-electron chi connectivity index (χ1n) is 5.80. The Balaban J connectivity index is 2.67. The van der Waals surface area contributed by atoms with Crippen LogP contribution in [0.3, 0.4) is 0 Å². The first-order chi connectivity index (χ1) is 8.60. The molecular formula is C14H14F3NO. The maximum absolute atomic E-state index is 12.6. The molecule has 0 unspecified atom stereocenters. The number of aromatic hydroxyl groups is 1. The predicted octanol–water partition coefficient (Wildman–Crippen LogP) is 4.26. The number of rotatable bonds is 0. The van der Waals surface area contributed by atoms with Gasteiger partial charge >= 0.3 is 6.18 Å². The fourth-order valence-electron chi connectivity index (χ4n) is 1.90. The maximum atomic E-state index is 12.6. The topological polar surface area (TPSA) is 33.1 Å². The molecule has 19 heavy (non-hydrogen) atoms. The Labute approximate surface area is 108 Å². The van der Waals surface area contributed by atoms with E-state index in [1.165, 1.54) is 12.3 Å². The number of benzene rings is 1. The molecule has 2 rings (SSSR count). The van der Waals surface area contributed by atoms with E-state index in [0.717, 1.165) is 12.1 Å². The van der Waals surface area contributed by atoms with E-state index in [9.17, 15) is 18.3 Å². The number of pyridine rings is 1. The zero-order chi connectivity index (χ0) is 14.4. The molecule has 0 amide bonds. The highest BCUT2D eigenvalue weighted by Crippen LogP contribution is 2.37. The molecule has 0 atom stereocenters. The molecule has 0 spiro atoms. The molecule has 0 fully saturated rings. The SMILES string of the molecule is CC(C)(C)c1cnc2cc(C(F)(F)F)ccc2c1O. The average Bonchev–Trinajstić information content (AvgIpc) is 2.26. The lowest BCUT2D eigenvalue weighted by Crippen LogP contribution is -2.12. The lowest BCUT2D eigenvalue weighted by atomic mass is 9.86. The summed E-state index contributed by atoms with van der Waals surface area (Å²) < 4.78 is 37.8. The molecule has 0 saturated heterocycles. The van der Waals surface area contributed by atoms with Crippen LogP contribution < -0.4 is 0 Å². The van der Waals surface area contributed by atoms with E-state index in [0.29, 0.717) is 10.9 Å². The minimum Gasteiger partial charge on any atom is -0.507 e. The van der Waals surface area contributed by atoms with Crippen LogP contribution in [-0.2, 0) is 11.6 Å². The van der Waals surface area contributed by atoms with Gasteiger partial charge in [0.2, 0.25) is 0 Å². The molecule has 1 N–H and O–H groups in total. The van der Waals surface area contributed by atoms with Gasteiger partial charge in [0, 0.05) is 17.1 Å². The molecule has 0 radical (unpaired) electrons. The molecule has 5 heteroatoms. The van der Waals surface area contributed by atoms with Crippen molar-refractivity contribution >= 4 is 10.9 Å². The summed E-state index contributed by atoms with van der Waals surface area (Å²) >= 11 is 0. The van der Waals surface area contributed by atoms with Gasteiger partial charge in [0.1, 0.15) is 5.75 Å². The van der Waals surface area contributed by atoms with Crippen LogP contribution in [0, 0.1) is 0 Å². The van der Waals surface area contributed by atoms with E-state index in [4.69, 9.17) is 0 Å². The second-order valence-electron chi connectivity index (χ2n) is 5.50. The highest BCUT2D eigenvalue weighted by molar-refractivity contribution is 5.86. The van der Waals surface area contributed by atoms with Crippen molar-refractivity contribution in [2.75, 3.05) is 0 Å². The summed E-state index contributed by atoms with van der Waals surface area (Å²) in [6.07, 6.45) is -2.98. The van der Waals surface area contributed by atoms with Crippen LogP contribution in [0.1, 0.15) is 31.9 Å². The average molecular weight is 269 g/mol. The van der Waals surface area contributed by atoms with Gasteiger partial charge < -0.3 is 5.11 Å².